The first-order valence-electron chi connectivity index (χ1n) is 10.0. The molecule has 0 saturated carbocycles. The van der Waals surface area contributed by atoms with Crippen LogP contribution in [0.1, 0.15) is 22.3 Å². The van der Waals surface area contributed by atoms with Crippen molar-refractivity contribution in [3.8, 4) is 17.1 Å². The van der Waals surface area contributed by atoms with E-state index in [0.29, 0.717) is 31.2 Å². The number of carbonyl (C=O) groups excluding carboxylic acids is 1. The Kier molecular flexibility index (Phi) is 6.32. The molecular formula is C24H23N5O2. The standard InChI is InChI=1S/C24H23N5O2/c1-31-21-10-7-19(8-11-21)17-26-24-27-23(20-13-15-25-16-14-20)28-29(24)22(30)12-9-18-5-3-2-4-6-18/h2-8,10-11,13-16H,9,12,17H2,1H3,(H,26,27,28). The van der Waals surface area contributed by atoms with E-state index in [1.165, 1.54) is 4.68 Å². The van der Waals surface area contributed by atoms with Gasteiger partial charge in [0.15, 0.2) is 5.82 Å². The number of anilines is 1. The van der Waals surface area contributed by atoms with Crippen LogP contribution >= 0.6 is 0 Å². The number of rotatable bonds is 8. The van der Waals surface area contributed by atoms with Gasteiger partial charge in [0.05, 0.1) is 7.11 Å². The molecule has 7 heteroatoms. The van der Waals surface area contributed by atoms with Gasteiger partial charge in [-0.3, -0.25) is 9.78 Å². The van der Waals surface area contributed by atoms with Crippen LogP contribution in [-0.4, -0.2) is 32.8 Å². The Morgan fingerprint density at radius 3 is 2.42 bits per heavy atom. The summed E-state index contributed by atoms with van der Waals surface area (Å²) in [5.74, 6) is 1.57. The average molecular weight is 413 g/mol. The monoisotopic (exact) mass is 413 g/mol. The van der Waals surface area contributed by atoms with Crippen LogP contribution in [0.5, 0.6) is 5.75 Å². The average Bonchev–Trinajstić information content (AvgIpc) is 3.27. The molecule has 0 radical (unpaired) electrons. The lowest BCUT2D eigenvalue weighted by atomic mass is 10.1. The van der Waals surface area contributed by atoms with Gasteiger partial charge in [-0.1, -0.05) is 42.5 Å². The summed E-state index contributed by atoms with van der Waals surface area (Å²) in [5, 5.41) is 7.73. The molecule has 0 bridgehead atoms. The van der Waals surface area contributed by atoms with Gasteiger partial charge in [0.1, 0.15) is 5.75 Å². The van der Waals surface area contributed by atoms with Gasteiger partial charge in [0.2, 0.25) is 11.9 Å². The number of hydrogen-bond donors (Lipinski definition) is 1. The van der Waals surface area contributed by atoms with Crippen molar-refractivity contribution >= 4 is 11.9 Å². The van der Waals surface area contributed by atoms with E-state index in [9.17, 15) is 4.79 Å². The zero-order chi connectivity index (χ0) is 21.5. The molecule has 4 rings (SSSR count). The van der Waals surface area contributed by atoms with Crippen LogP contribution in [0.3, 0.4) is 0 Å². The third-order valence-electron chi connectivity index (χ3n) is 4.86. The molecule has 0 aliphatic heterocycles. The number of benzene rings is 2. The zero-order valence-electron chi connectivity index (χ0n) is 17.2. The third-order valence-corrected chi connectivity index (χ3v) is 4.86. The maximum absolute atomic E-state index is 13.0. The number of pyridine rings is 1. The molecule has 31 heavy (non-hydrogen) atoms. The van der Waals surface area contributed by atoms with Crippen molar-refractivity contribution in [3.05, 3.63) is 90.3 Å². The summed E-state index contributed by atoms with van der Waals surface area (Å²) in [6.07, 6.45) is 4.33. The molecule has 0 aliphatic carbocycles. The van der Waals surface area contributed by atoms with Crippen LogP contribution in [-0.2, 0) is 13.0 Å². The minimum Gasteiger partial charge on any atom is -0.497 e. The lowest BCUT2D eigenvalue weighted by molar-refractivity contribution is 0.0890. The Labute approximate surface area is 180 Å². The molecule has 0 spiro atoms. The van der Waals surface area contributed by atoms with E-state index < -0.39 is 0 Å². The zero-order valence-corrected chi connectivity index (χ0v) is 17.2. The van der Waals surface area contributed by atoms with Crippen molar-refractivity contribution in [3.63, 3.8) is 0 Å². The molecular weight excluding hydrogens is 390 g/mol. The normalized spacial score (nSPS) is 10.6. The second-order valence-electron chi connectivity index (χ2n) is 6.99. The van der Waals surface area contributed by atoms with Crippen LogP contribution in [0.25, 0.3) is 11.4 Å². The topological polar surface area (TPSA) is 81.9 Å². The lowest BCUT2D eigenvalue weighted by Gasteiger charge is -2.08. The summed E-state index contributed by atoms with van der Waals surface area (Å²) in [6, 6.07) is 21.3. The van der Waals surface area contributed by atoms with Gasteiger partial charge in [-0.05, 0) is 41.8 Å². The second-order valence-corrected chi connectivity index (χ2v) is 6.99. The Bertz CT molecular complexity index is 1130. The fourth-order valence-electron chi connectivity index (χ4n) is 3.15. The quantitative estimate of drug-likeness (QED) is 0.465. The number of hydrogen-bond acceptors (Lipinski definition) is 6. The molecule has 2 heterocycles. The Morgan fingerprint density at radius 2 is 1.71 bits per heavy atom. The van der Waals surface area contributed by atoms with E-state index >= 15 is 0 Å². The van der Waals surface area contributed by atoms with Gasteiger partial charge in [-0.15, -0.1) is 5.10 Å². The number of methoxy groups -OCH3 is 1. The van der Waals surface area contributed by atoms with Crippen LogP contribution in [0, 0.1) is 0 Å². The summed E-state index contributed by atoms with van der Waals surface area (Å²) in [5.41, 5.74) is 2.95. The van der Waals surface area contributed by atoms with Crippen LogP contribution in [0.15, 0.2) is 79.1 Å². The van der Waals surface area contributed by atoms with Crippen molar-refractivity contribution in [1.82, 2.24) is 19.7 Å². The van der Waals surface area contributed by atoms with Crippen molar-refractivity contribution in [2.24, 2.45) is 0 Å². The highest BCUT2D eigenvalue weighted by molar-refractivity contribution is 5.81. The number of carbonyl (C=O) groups is 1. The summed E-state index contributed by atoms with van der Waals surface area (Å²) < 4.78 is 6.56. The Balaban J connectivity index is 1.54. The van der Waals surface area contributed by atoms with Crippen molar-refractivity contribution in [2.75, 3.05) is 12.4 Å². The van der Waals surface area contributed by atoms with Crippen molar-refractivity contribution in [1.29, 1.82) is 0 Å². The molecule has 156 valence electrons. The summed E-state index contributed by atoms with van der Waals surface area (Å²) in [4.78, 5) is 21.6. The number of nitrogens with one attached hydrogen (secondary N) is 1. The molecule has 2 aromatic carbocycles. The summed E-state index contributed by atoms with van der Waals surface area (Å²) >= 11 is 0. The van der Waals surface area contributed by atoms with Gasteiger partial charge in [-0.2, -0.15) is 9.67 Å². The summed E-state index contributed by atoms with van der Waals surface area (Å²) in [6.45, 7) is 0.504. The van der Waals surface area contributed by atoms with Gasteiger partial charge >= 0.3 is 0 Å². The highest BCUT2D eigenvalue weighted by atomic mass is 16.5. The highest BCUT2D eigenvalue weighted by Crippen LogP contribution is 2.19. The van der Waals surface area contributed by atoms with Crippen LogP contribution < -0.4 is 10.1 Å². The first-order valence-corrected chi connectivity index (χ1v) is 10.0. The number of nitrogens with zero attached hydrogens (tertiary/aromatic N) is 4. The predicted octanol–water partition coefficient (Wildman–Crippen LogP) is 4.23. The first kappa shape index (κ1) is 20.3. The molecule has 0 atom stereocenters. The smallest absolute Gasteiger partial charge is 0.250 e. The molecule has 2 aromatic heterocycles. The van der Waals surface area contributed by atoms with Gasteiger partial charge in [0, 0.05) is 30.9 Å². The van der Waals surface area contributed by atoms with E-state index in [1.807, 2.05) is 66.7 Å². The molecule has 4 aromatic rings. The molecule has 0 saturated heterocycles. The summed E-state index contributed by atoms with van der Waals surface area (Å²) in [7, 11) is 1.64. The SMILES string of the molecule is COc1ccc(CNc2nc(-c3ccncc3)nn2C(=O)CCc2ccccc2)cc1. The third kappa shape index (κ3) is 5.14. The van der Waals surface area contributed by atoms with E-state index in [-0.39, 0.29) is 5.91 Å². The maximum atomic E-state index is 13.0. The van der Waals surface area contributed by atoms with E-state index in [0.717, 1.165) is 22.4 Å². The number of aryl methyl sites for hydroxylation is 1. The van der Waals surface area contributed by atoms with Crippen molar-refractivity contribution in [2.45, 2.75) is 19.4 Å². The minimum atomic E-state index is -0.117. The number of aromatic nitrogens is 4. The number of ether oxygens (including phenoxy) is 1. The van der Waals surface area contributed by atoms with Gasteiger partial charge < -0.3 is 10.1 Å². The van der Waals surface area contributed by atoms with E-state index in [1.54, 1.807) is 19.5 Å². The fourth-order valence-corrected chi connectivity index (χ4v) is 3.15. The fraction of sp³-hybridized carbons (Fsp3) is 0.167. The Morgan fingerprint density at radius 1 is 0.968 bits per heavy atom. The van der Waals surface area contributed by atoms with Gasteiger partial charge in [-0.25, -0.2) is 0 Å². The van der Waals surface area contributed by atoms with Gasteiger partial charge in [0.25, 0.3) is 0 Å². The van der Waals surface area contributed by atoms with Crippen LogP contribution in [0.2, 0.25) is 0 Å². The molecule has 0 unspecified atom stereocenters. The molecule has 0 amide bonds. The molecule has 1 N–H and O–H groups in total. The molecule has 0 aliphatic rings. The molecule has 7 nitrogen and oxygen atoms in total. The largest absolute Gasteiger partial charge is 0.497 e. The highest BCUT2D eigenvalue weighted by Gasteiger charge is 2.17. The molecule has 0 fully saturated rings. The second kappa shape index (κ2) is 9.67. The first-order chi connectivity index (χ1) is 15.2. The lowest BCUT2D eigenvalue weighted by Crippen LogP contribution is -2.17. The van der Waals surface area contributed by atoms with E-state index in [4.69, 9.17) is 4.74 Å². The minimum absolute atomic E-state index is 0.117. The predicted molar refractivity (Wildman–Crippen MR) is 119 cm³/mol. The Hall–Kier alpha value is -4.00. The van der Waals surface area contributed by atoms with E-state index in [2.05, 4.69) is 20.4 Å². The van der Waals surface area contributed by atoms with Crippen LogP contribution in [0.4, 0.5) is 5.95 Å². The maximum Gasteiger partial charge on any atom is 0.250 e. The van der Waals surface area contributed by atoms with Crippen molar-refractivity contribution < 1.29 is 9.53 Å².